The Hall–Kier alpha value is -1.26. The van der Waals surface area contributed by atoms with Gasteiger partial charge < -0.3 is 30.3 Å². The van der Waals surface area contributed by atoms with Crippen molar-refractivity contribution in [2.45, 2.75) is 43.4 Å². The Balaban J connectivity index is 2.59. The van der Waals surface area contributed by atoms with Gasteiger partial charge in [0.15, 0.2) is 0 Å². The lowest BCUT2D eigenvalue weighted by Crippen LogP contribution is -2.49. The predicted octanol–water partition coefficient (Wildman–Crippen LogP) is -2.67. The van der Waals surface area contributed by atoms with E-state index in [1.54, 1.807) is 0 Å². The van der Waals surface area contributed by atoms with E-state index in [9.17, 15) is 19.8 Å². The van der Waals surface area contributed by atoms with E-state index in [-0.39, 0.29) is 12.8 Å². The quantitative estimate of drug-likeness (QED) is 0.292. The fraction of sp³-hybridized carbons (Fsp3) is 0.800. The lowest BCUT2D eigenvalue weighted by atomic mass is 10.1. The van der Waals surface area contributed by atoms with E-state index in [1.165, 1.54) is 0 Å². The van der Waals surface area contributed by atoms with Crippen LogP contribution in [-0.2, 0) is 14.3 Å². The standard InChI is InChI=1S/C10H17NO8/c12-3-5-7(15)8(16)9(19-5)11-4(10(17)18)1-2-6(13)14/h4-5,7-9,11-12,15-16H,1-3H2,(H,13,14)(H,17,18)/t4-,5-,7-,8+,9-/m0/s1. The van der Waals surface area contributed by atoms with Crippen LogP contribution in [0.1, 0.15) is 12.8 Å². The summed E-state index contributed by atoms with van der Waals surface area (Å²) in [6.45, 7) is -0.525. The molecule has 0 radical (unpaired) electrons. The Morgan fingerprint density at radius 2 is 1.84 bits per heavy atom. The molecule has 9 heteroatoms. The second-order valence-corrected chi connectivity index (χ2v) is 4.25. The van der Waals surface area contributed by atoms with Crippen molar-refractivity contribution < 1.29 is 39.9 Å². The van der Waals surface area contributed by atoms with E-state index in [2.05, 4.69) is 5.32 Å². The van der Waals surface area contributed by atoms with Crippen molar-refractivity contribution in [3.05, 3.63) is 0 Å². The van der Waals surface area contributed by atoms with Gasteiger partial charge in [-0.05, 0) is 6.42 Å². The van der Waals surface area contributed by atoms with Crippen molar-refractivity contribution in [1.82, 2.24) is 5.32 Å². The van der Waals surface area contributed by atoms with Crippen LogP contribution >= 0.6 is 0 Å². The van der Waals surface area contributed by atoms with Gasteiger partial charge in [-0.15, -0.1) is 0 Å². The van der Waals surface area contributed by atoms with Crippen LogP contribution in [0.5, 0.6) is 0 Å². The highest BCUT2D eigenvalue weighted by Gasteiger charge is 2.43. The second-order valence-electron chi connectivity index (χ2n) is 4.25. The smallest absolute Gasteiger partial charge is 0.320 e. The molecule has 0 aliphatic carbocycles. The van der Waals surface area contributed by atoms with E-state index in [0.29, 0.717) is 0 Å². The fourth-order valence-corrected chi connectivity index (χ4v) is 1.78. The van der Waals surface area contributed by atoms with Gasteiger partial charge in [0.2, 0.25) is 0 Å². The Labute approximate surface area is 108 Å². The molecule has 1 fully saturated rings. The monoisotopic (exact) mass is 279 g/mol. The molecule has 19 heavy (non-hydrogen) atoms. The molecule has 9 nitrogen and oxygen atoms in total. The Bertz CT molecular complexity index is 335. The first-order valence-electron chi connectivity index (χ1n) is 5.70. The predicted molar refractivity (Wildman–Crippen MR) is 59.2 cm³/mol. The van der Waals surface area contributed by atoms with E-state index < -0.39 is 49.1 Å². The van der Waals surface area contributed by atoms with Crippen LogP contribution in [-0.4, -0.2) is 74.7 Å². The molecule has 6 N–H and O–H groups in total. The van der Waals surface area contributed by atoms with Crippen LogP contribution in [0.4, 0.5) is 0 Å². The maximum absolute atomic E-state index is 10.9. The SMILES string of the molecule is O=C(O)CC[C@H](N[C@H]1O[C@@H](CO)[C@H](O)[C@H]1O)C(=O)O. The van der Waals surface area contributed by atoms with Crippen molar-refractivity contribution in [3.63, 3.8) is 0 Å². The van der Waals surface area contributed by atoms with Gasteiger partial charge in [0.1, 0.15) is 30.6 Å². The number of ether oxygens (including phenoxy) is 1. The van der Waals surface area contributed by atoms with E-state index in [0.717, 1.165) is 0 Å². The molecule has 1 aliphatic rings. The van der Waals surface area contributed by atoms with Crippen molar-refractivity contribution in [1.29, 1.82) is 0 Å². The molecule has 0 aromatic heterocycles. The molecule has 110 valence electrons. The molecule has 0 aromatic rings. The minimum atomic E-state index is -1.40. The molecule has 0 amide bonds. The normalized spacial score (nSPS) is 32.2. The van der Waals surface area contributed by atoms with Gasteiger partial charge in [-0.25, -0.2) is 0 Å². The minimum absolute atomic E-state index is 0.197. The molecular formula is C10H17NO8. The number of aliphatic hydroxyl groups excluding tert-OH is 3. The minimum Gasteiger partial charge on any atom is -0.481 e. The summed E-state index contributed by atoms with van der Waals surface area (Å²) in [5.41, 5.74) is 0. The van der Waals surface area contributed by atoms with Crippen LogP contribution in [0.2, 0.25) is 0 Å². The van der Waals surface area contributed by atoms with Crippen LogP contribution < -0.4 is 5.32 Å². The highest BCUT2D eigenvalue weighted by Crippen LogP contribution is 2.20. The molecule has 1 saturated heterocycles. The third-order valence-corrected chi connectivity index (χ3v) is 2.85. The average molecular weight is 279 g/mol. The molecule has 0 bridgehead atoms. The maximum Gasteiger partial charge on any atom is 0.320 e. The summed E-state index contributed by atoms with van der Waals surface area (Å²) in [4.78, 5) is 21.3. The third-order valence-electron chi connectivity index (χ3n) is 2.85. The number of carboxylic acid groups (broad SMARTS) is 2. The number of carboxylic acids is 2. The number of hydrogen-bond donors (Lipinski definition) is 6. The summed E-state index contributed by atoms with van der Waals surface area (Å²) in [6, 6.07) is -1.24. The lowest BCUT2D eigenvalue weighted by molar-refractivity contribution is -0.142. The largest absolute Gasteiger partial charge is 0.481 e. The van der Waals surface area contributed by atoms with Crippen LogP contribution in [0.15, 0.2) is 0 Å². The number of aliphatic carboxylic acids is 2. The zero-order valence-electron chi connectivity index (χ0n) is 9.97. The molecule has 0 spiro atoms. The number of rotatable bonds is 7. The summed E-state index contributed by atoms with van der Waals surface area (Å²) in [5, 5.41) is 47.8. The maximum atomic E-state index is 10.9. The van der Waals surface area contributed by atoms with Gasteiger partial charge >= 0.3 is 11.9 Å². The first kappa shape index (κ1) is 15.8. The average Bonchev–Trinajstić information content (AvgIpc) is 2.61. The van der Waals surface area contributed by atoms with Crippen molar-refractivity contribution >= 4 is 11.9 Å². The molecule has 1 aliphatic heterocycles. The van der Waals surface area contributed by atoms with Crippen LogP contribution in [0.3, 0.4) is 0 Å². The van der Waals surface area contributed by atoms with Crippen LogP contribution in [0, 0.1) is 0 Å². The summed E-state index contributed by atoms with van der Waals surface area (Å²) >= 11 is 0. The summed E-state index contributed by atoms with van der Waals surface area (Å²) < 4.78 is 5.05. The number of carbonyl (C=O) groups is 2. The summed E-state index contributed by atoms with van der Waals surface area (Å²) in [7, 11) is 0. The van der Waals surface area contributed by atoms with Gasteiger partial charge in [0.25, 0.3) is 0 Å². The molecular weight excluding hydrogens is 262 g/mol. The zero-order chi connectivity index (χ0) is 14.6. The molecule has 0 unspecified atom stereocenters. The van der Waals surface area contributed by atoms with Gasteiger partial charge in [-0.2, -0.15) is 0 Å². The summed E-state index contributed by atoms with van der Waals surface area (Å²) in [5.74, 6) is -2.44. The number of nitrogens with one attached hydrogen (secondary N) is 1. The van der Waals surface area contributed by atoms with Crippen LogP contribution in [0.25, 0.3) is 0 Å². The second kappa shape index (κ2) is 6.78. The third kappa shape index (κ3) is 4.11. The van der Waals surface area contributed by atoms with Crippen molar-refractivity contribution in [3.8, 4) is 0 Å². The molecule has 1 heterocycles. The topological polar surface area (TPSA) is 157 Å². The van der Waals surface area contributed by atoms with Gasteiger partial charge in [0.05, 0.1) is 6.61 Å². The Morgan fingerprint density at radius 1 is 1.21 bits per heavy atom. The number of hydrogen-bond acceptors (Lipinski definition) is 7. The lowest BCUT2D eigenvalue weighted by Gasteiger charge is -2.21. The molecule has 0 saturated carbocycles. The fourth-order valence-electron chi connectivity index (χ4n) is 1.78. The molecule has 5 atom stereocenters. The molecule has 1 rings (SSSR count). The van der Waals surface area contributed by atoms with Gasteiger partial charge in [-0.1, -0.05) is 0 Å². The molecule has 0 aromatic carbocycles. The van der Waals surface area contributed by atoms with E-state index in [4.69, 9.17) is 20.1 Å². The first-order valence-corrected chi connectivity index (χ1v) is 5.70. The van der Waals surface area contributed by atoms with Crippen molar-refractivity contribution in [2.75, 3.05) is 6.61 Å². The van der Waals surface area contributed by atoms with E-state index >= 15 is 0 Å². The zero-order valence-corrected chi connectivity index (χ0v) is 9.97. The van der Waals surface area contributed by atoms with E-state index in [1.807, 2.05) is 0 Å². The Kier molecular flexibility index (Phi) is 5.63. The van der Waals surface area contributed by atoms with Crippen molar-refractivity contribution in [2.24, 2.45) is 0 Å². The van der Waals surface area contributed by atoms with Gasteiger partial charge in [0, 0.05) is 6.42 Å². The highest BCUT2D eigenvalue weighted by atomic mass is 16.6. The summed E-state index contributed by atoms with van der Waals surface area (Å²) in [6.07, 6.45) is -5.49. The number of aliphatic hydroxyl groups is 3. The first-order chi connectivity index (χ1) is 8.86. The van der Waals surface area contributed by atoms with Gasteiger partial charge in [-0.3, -0.25) is 14.9 Å². The Morgan fingerprint density at radius 3 is 2.26 bits per heavy atom. The highest BCUT2D eigenvalue weighted by molar-refractivity contribution is 5.75.